The van der Waals surface area contributed by atoms with E-state index in [9.17, 15) is 18.8 Å². The summed E-state index contributed by atoms with van der Waals surface area (Å²) < 4.78 is 27.5. The molecule has 1 saturated heterocycles. The fourth-order valence-electron chi connectivity index (χ4n) is 4.00. The van der Waals surface area contributed by atoms with Crippen LogP contribution in [0.2, 0.25) is 5.02 Å². The van der Waals surface area contributed by atoms with Crippen molar-refractivity contribution in [3.8, 4) is 23.1 Å². The number of halogens is 2. The summed E-state index contributed by atoms with van der Waals surface area (Å²) in [6, 6.07) is 16.1. The summed E-state index contributed by atoms with van der Waals surface area (Å²) in [6.07, 6.45) is 2.76. The Morgan fingerprint density at radius 3 is 2.66 bits per heavy atom. The number of phenols is 1. The van der Waals surface area contributed by atoms with Crippen LogP contribution in [0.15, 0.2) is 75.0 Å². The van der Waals surface area contributed by atoms with E-state index in [0.29, 0.717) is 29.8 Å². The molecule has 1 aliphatic rings. The first-order chi connectivity index (χ1) is 18.2. The molecule has 0 aromatic heterocycles. The molecule has 5 N–H and O–H groups in total. The minimum Gasteiger partial charge on any atom is -0.505 e. The number of aliphatic imine (C=N–C) groups is 1. The third-order valence-corrected chi connectivity index (χ3v) is 8.22. The van der Waals surface area contributed by atoms with Gasteiger partial charge < -0.3 is 16.2 Å². The number of benzene rings is 3. The van der Waals surface area contributed by atoms with Crippen molar-refractivity contribution in [2.75, 3.05) is 31.1 Å². The Morgan fingerprint density at radius 1 is 1.16 bits per heavy atom. The highest BCUT2D eigenvalue weighted by Crippen LogP contribution is 2.44. The van der Waals surface area contributed by atoms with Crippen LogP contribution in [0, 0.1) is 11.5 Å². The van der Waals surface area contributed by atoms with Crippen molar-refractivity contribution in [3.05, 3.63) is 70.2 Å². The molecule has 0 spiro atoms. The number of anilines is 1. The fraction of sp³-hybridized carbons (Fsp3) is 0.200. The number of guanidine groups is 1. The van der Waals surface area contributed by atoms with Gasteiger partial charge in [0.25, 0.3) is 10.0 Å². The molecule has 1 fully saturated rings. The van der Waals surface area contributed by atoms with Gasteiger partial charge in [0.2, 0.25) is 5.96 Å². The highest BCUT2D eigenvalue weighted by atomic mass is 79.9. The van der Waals surface area contributed by atoms with Gasteiger partial charge in [-0.05, 0) is 59.2 Å². The largest absolute Gasteiger partial charge is 0.505 e. The van der Waals surface area contributed by atoms with Crippen molar-refractivity contribution in [1.29, 1.82) is 5.26 Å². The maximum atomic E-state index is 13.4. The minimum absolute atomic E-state index is 0.00737. The number of phenolic OH excluding ortho intramolecular Hbond substituents is 1. The third-order valence-electron chi connectivity index (χ3n) is 5.80. The highest BCUT2D eigenvalue weighted by molar-refractivity contribution is 9.10. The standard InChI is InChI=1S/C25H25BrClN7O3S/c26-18-7-2-3-8-21(18)34(16-28)25(29)31-20-11-10-19(27)23(24(20)35)17-6-1-4-9-22(17)38(36,37)32-33-14-5-12-30-13-15-33/h1-4,6-11,30,32,35H,5,12-15H2,(H2,29,31). The monoisotopic (exact) mass is 617 g/mol. The van der Waals surface area contributed by atoms with E-state index in [0.717, 1.165) is 17.9 Å². The first kappa shape index (κ1) is 27.8. The molecule has 10 nitrogen and oxygen atoms in total. The van der Waals surface area contributed by atoms with Gasteiger partial charge in [0.15, 0.2) is 11.9 Å². The van der Waals surface area contributed by atoms with E-state index in [1.165, 1.54) is 18.2 Å². The van der Waals surface area contributed by atoms with Crippen molar-refractivity contribution >= 4 is 54.9 Å². The summed E-state index contributed by atoms with van der Waals surface area (Å²) in [5.74, 6) is -0.590. The third kappa shape index (κ3) is 6.10. The van der Waals surface area contributed by atoms with E-state index >= 15 is 0 Å². The zero-order chi connectivity index (χ0) is 27.3. The predicted octanol–water partition coefficient (Wildman–Crippen LogP) is 3.90. The van der Waals surface area contributed by atoms with Gasteiger partial charge in [0, 0.05) is 35.2 Å². The van der Waals surface area contributed by atoms with Gasteiger partial charge in [-0.25, -0.2) is 23.3 Å². The molecule has 3 aromatic carbocycles. The summed E-state index contributed by atoms with van der Waals surface area (Å²) in [7, 11) is -4.02. The maximum Gasteiger partial charge on any atom is 0.254 e. The Balaban J connectivity index is 1.75. The van der Waals surface area contributed by atoms with Crippen molar-refractivity contribution < 1.29 is 13.5 Å². The molecule has 198 valence electrons. The van der Waals surface area contributed by atoms with E-state index in [2.05, 4.69) is 31.1 Å². The van der Waals surface area contributed by atoms with Crippen molar-refractivity contribution in [3.63, 3.8) is 0 Å². The molecule has 0 saturated carbocycles. The van der Waals surface area contributed by atoms with Gasteiger partial charge in [-0.2, -0.15) is 5.26 Å². The van der Waals surface area contributed by atoms with Gasteiger partial charge in [-0.1, -0.05) is 41.9 Å². The Labute approximate surface area is 234 Å². The van der Waals surface area contributed by atoms with Crippen LogP contribution in [0.1, 0.15) is 6.42 Å². The van der Waals surface area contributed by atoms with E-state index < -0.39 is 10.0 Å². The minimum atomic E-state index is -4.02. The molecule has 0 atom stereocenters. The zero-order valence-electron chi connectivity index (χ0n) is 20.1. The van der Waals surface area contributed by atoms with Crippen LogP contribution < -0.4 is 20.8 Å². The average Bonchev–Trinajstić information content (AvgIpc) is 3.16. The summed E-state index contributed by atoms with van der Waals surface area (Å²) >= 11 is 9.86. The summed E-state index contributed by atoms with van der Waals surface area (Å²) in [5, 5.41) is 25.9. The van der Waals surface area contributed by atoms with E-state index in [4.69, 9.17) is 17.3 Å². The highest BCUT2D eigenvalue weighted by Gasteiger charge is 2.26. The average molecular weight is 619 g/mol. The molecule has 4 rings (SSSR count). The molecule has 0 amide bonds. The van der Waals surface area contributed by atoms with Crippen LogP contribution in [-0.4, -0.2) is 50.7 Å². The smallest absolute Gasteiger partial charge is 0.254 e. The number of sulfonamides is 1. The zero-order valence-corrected chi connectivity index (χ0v) is 23.3. The second-order valence-electron chi connectivity index (χ2n) is 8.33. The molecule has 0 aliphatic carbocycles. The van der Waals surface area contributed by atoms with Gasteiger partial charge >= 0.3 is 0 Å². The lowest BCUT2D eigenvalue weighted by atomic mass is 10.0. The number of nitrogens with one attached hydrogen (secondary N) is 2. The molecule has 0 radical (unpaired) electrons. The summed E-state index contributed by atoms with van der Waals surface area (Å²) in [6.45, 7) is 2.51. The van der Waals surface area contributed by atoms with Crippen molar-refractivity contribution in [2.45, 2.75) is 11.3 Å². The van der Waals surface area contributed by atoms with Crippen molar-refractivity contribution in [1.82, 2.24) is 15.2 Å². The molecule has 0 unspecified atom stereocenters. The Bertz CT molecular complexity index is 1500. The number of nitriles is 1. The van der Waals surface area contributed by atoms with Crippen LogP contribution >= 0.6 is 27.5 Å². The van der Waals surface area contributed by atoms with Crippen LogP contribution in [0.4, 0.5) is 11.4 Å². The van der Waals surface area contributed by atoms with Crippen LogP contribution in [-0.2, 0) is 10.0 Å². The molecule has 38 heavy (non-hydrogen) atoms. The number of nitrogens with two attached hydrogens (primary N) is 1. The summed E-state index contributed by atoms with van der Waals surface area (Å²) in [5.41, 5.74) is 6.87. The van der Waals surface area contributed by atoms with E-state index in [-0.39, 0.29) is 38.4 Å². The maximum absolute atomic E-state index is 13.4. The van der Waals surface area contributed by atoms with E-state index in [1.807, 2.05) is 6.19 Å². The number of nitrogens with zero attached hydrogens (tertiary/aromatic N) is 4. The Kier molecular flexibility index (Phi) is 8.88. The molecule has 1 aliphatic heterocycles. The van der Waals surface area contributed by atoms with Gasteiger partial charge in [-0.15, -0.1) is 4.83 Å². The topological polar surface area (TPSA) is 147 Å². The molecule has 0 bridgehead atoms. The fourth-order valence-corrected chi connectivity index (χ4v) is 6.06. The molecule has 3 aromatic rings. The molecular formula is C25H25BrClN7O3S. The number of para-hydroxylation sites is 1. The normalized spacial score (nSPS) is 15.0. The molecular weight excluding hydrogens is 594 g/mol. The number of hydrogen-bond donors (Lipinski definition) is 4. The number of rotatable bonds is 6. The second kappa shape index (κ2) is 12.1. The molecule has 13 heteroatoms. The lowest BCUT2D eigenvalue weighted by Gasteiger charge is -2.22. The lowest BCUT2D eigenvalue weighted by molar-refractivity contribution is 0.257. The second-order valence-corrected chi connectivity index (χ2v) is 11.2. The molecule has 1 heterocycles. The van der Waals surface area contributed by atoms with Crippen LogP contribution in [0.3, 0.4) is 0 Å². The first-order valence-electron chi connectivity index (χ1n) is 11.6. The van der Waals surface area contributed by atoms with E-state index in [1.54, 1.807) is 47.5 Å². The quantitative estimate of drug-likeness (QED) is 0.141. The van der Waals surface area contributed by atoms with Crippen molar-refractivity contribution in [2.24, 2.45) is 10.7 Å². The van der Waals surface area contributed by atoms with Gasteiger partial charge in [0.1, 0.15) is 5.69 Å². The first-order valence-corrected chi connectivity index (χ1v) is 14.3. The van der Waals surface area contributed by atoms with Crippen LogP contribution in [0.25, 0.3) is 11.1 Å². The summed E-state index contributed by atoms with van der Waals surface area (Å²) in [4.78, 5) is 7.93. The van der Waals surface area contributed by atoms with Gasteiger partial charge in [-0.3, -0.25) is 0 Å². The van der Waals surface area contributed by atoms with Crippen LogP contribution in [0.5, 0.6) is 5.75 Å². The number of hydrogen-bond acceptors (Lipinski definition) is 7. The Hall–Kier alpha value is -3.18. The number of hydrazine groups is 1. The lowest BCUT2D eigenvalue weighted by Crippen LogP contribution is -2.44. The predicted molar refractivity (Wildman–Crippen MR) is 151 cm³/mol. The Morgan fingerprint density at radius 2 is 1.89 bits per heavy atom. The van der Waals surface area contributed by atoms with Gasteiger partial charge in [0.05, 0.1) is 15.6 Å². The number of aromatic hydroxyl groups is 1. The SMILES string of the molecule is N#CN(C(N)=Nc1ccc(Cl)c(-c2ccccc2S(=O)(=O)NN2CCCNCC2)c1O)c1ccccc1Br.